The van der Waals surface area contributed by atoms with Crippen molar-refractivity contribution in [3.05, 3.63) is 27.8 Å². The number of aliphatic imine (C=N–C) groups is 1. The second kappa shape index (κ2) is 10.7. The molecule has 0 saturated carbocycles. The van der Waals surface area contributed by atoms with Crippen molar-refractivity contribution < 1.29 is 19.2 Å². The van der Waals surface area contributed by atoms with Gasteiger partial charge in [0.05, 0.1) is 11.6 Å². The molecule has 2 unspecified atom stereocenters. The molecule has 2 N–H and O–H groups in total. The summed E-state index contributed by atoms with van der Waals surface area (Å²) in [5.41, 5.74) is -1.13. The topological polar surface area (TPSA) is 113 Å². The summed E-state index contributed by atoms with van der Waals surface area (Å²) in [7, 11) is 0. The Hall–Kier alpha value is -3.17. The summed E-state index contributed by atoms with van der Waals surface area (Å²) in [6, 6.07) is 0.974. The van der Waals surface area contributed by atoms with Crippen molar-refractivity contribution in [3.63, 3.8) is 0 Å². The highest BCUT2D eigenvalue weighted by atomic mass is 32.2. The number of hydrogen-bond acceptors (Lipinski definition) is 8. The zero-order valence-corrected chi connectivity index (χ0v) is 18.5. The molecule has 1 aromatic rings. The number of thioether (sulfide) groups is 1. The third-order valence-electron chi connectivity index (χ3n) is 4.63. The Kier molecular flexibility index (Phi) is 8.35. The highest BCUT2D eigenvalue weighted by molar-refractivity contribution is 8.16. The van der Waals surface area contributed by atoms with Crippen LogP contribution in [0.5, 0.6) is 5.75 Å². The summed E-state index contributed by atoms with van der Waals surface area (Å²) in [6.45, 7) is 5.22. The molecule has 2 atom stereocenters. The lowest BCUT2D eigenvalue weighted by Gasteiger charge is -2.24. The zero-order valence-electron chi connectivity index (χ0n) is 17.7. The molecule has 0 radical (unpaired) electrons. The van der Waals surface area contributed by atoms with Gasteiger partial charge in [-0.3, -0.25) is 9.79 Å². The van der Waals surface area contributed by atoms with E-state index in [2.05, 4.69) is 27.3 Å². The second-order valence-corrected chi connectivity index (χ2v) is 8.10. The third-order valence-corrected chi connectivity index (χ3v) is 6.00. The first-order valence-electron chi connectivity index (χ1n) is 9.68. The summed E-state index contributed by atoms with van der Waals surface area (Å²) < 4.78 is 11.0. The first kappa shape index (κ1) is 24.1. The van der Waals surface area contributed by atoms with Crippen LogP contribution >= 0.6 is 11.8 Å². The summed E-state index contributed by atoms with van der Waals surface area (Å²) in [6.07, 6.45) is 11.9. The fourth-order valence-electron chi connectivity index (χ4n) is 2.93. The SMILES string of the molecule is C#CCOc1cc(C(CCC)NC(=O)C2(C)CSC(/C(C)=N/O)=N2)oc(=O)c1CC#C. The van der Waals surface area contributed by atoms with Gasteiger partial charge in [0.15, 0.2) is 0 Å². The minimum atomic E-state index is -1.05. The van der Waals surface area contributed by atoms with Gasteiger partial charge in [-0.15, -0.1) is 30.5 Å². The van der Waals surface area contributed by atoms with E-state index in [0.717, 1.165) is 6.42 Å². The molecule has 31 heavy (non-hydrogen) atoms. The molecule has 0 aliphatic carbocycles. The van der Waals surface area contributed by atoms with E-state index in [1.165, 1.54) is 11.8 Å². The van der Waals surface area contributed by atoms with Gasteiger partial charge in [-0.05, 0) is 20.3 Å². The highest BCUT2D eigenvalue weighted by Gasteiger charge is 2.40. The van der Waals surface area contributed by atoms with Gasteiger partial charge in [0.25, 0.3) is 0 Å². The van der Waals surface area contributed by atoms with E-state index in [1.807, 2.05) is 6.92 Å². The number of nitrogens with one attached hydrogen (secondary N) is 1. The predicted molar refractivity (Wildman–Crippen MR) is 121 cm³/mol. The standard InChI is InChI=1S/C22H25N3O5S/c1-6-9-15-17(29-11-8-3)12-18(30-20(15)26)16(10-7-2)23-21(27)22(5)13-31-19(24-22)14(4)25-28/h1,3,12,16,28H,7,9-11,13H2,2,4-5H3,(H,23,27)/b25-14+. The Morgan fingerprint density at radius 3 is 2.87 bits per heavy atom. The normalized spacial score (nSPS) is 19.1. The molecular weight excluding hydrogens is 418 g/mol. The molecule has 1 aliphatic rings. The quantitative estimate of drug-likeness (QED) is 0.262. The number of carbonyl (C=O) groups excluding carboxylic acids is 1. The molecule has 0 aromatic carbocycles. The Morgan fingerprint density at radius 2 is 2.26 bits per heavy atom. The number of amides is 1. The van der Waals surface area contributed by atoms with Gasteiger partial charge in [0.1, 0.15) is 34.4 Å². The van der Waals surface area contributed by atoms with Gasteiger partial charge in [0.2, 0.25) is 5.91 Å². The van der Waals surface area contributed by atoms with Crippen molar-refractivity contribution in [2.75, 3.05) is 12.4 Å². The molecule has 0 bridgehead atoms. The molecule has 2 rings (SSSR count). The third kappa shape index (κ3) is 5.71. The van der Waals surface area contributed by atoms with Crippen LogP contribution in [0.15, 0.2) is 25.4 Å². The average Bonchev–Trinajstić information content (AvgIpc) is 3.16. The Labute approximate surface area is 185 Å². The maximum atomic E-state index is 13.1. The number of ether oxygens (including phenoxy) is 1. The molecule has 164 valence electrons. The molecular formula is C22H25N3O5S. The minimum Gasteiger partial charge on any atom is -0.480 e. The smallest absolute Gasteiger partial charge is 0.343 e. The maximum Gasteiger partial charge on any atom is 0.343 e. The van der Waals surface area contributed by atoms with Crippen molar-refractivity contribution in [1.82, 2.24) is 5.32 Å². The number of rotatable bonds is 9. The first-order chi connectivity index (χ1) is 14.8. The lowest BCUT2D eigenvalue weighted by Crippen LogP contribution is -2.45. The van der Waals surface area contributed by atoms with Crippen molar-refractivity contribution in [2.45, 2.75) is 51.6 Å². The summed E-state index contributed by atoms with van der Waals surface area (Å²) >= 11 is 1.34. The lowest BCUT2D eigenvalue weighted by atomic mass is 10.0. The highest BCUT2D eigenvalue weighted by Crippen LogP contribution is 2.31. The van der Waals surface area contributed by atoms with Crippen molar-refractivity contribution >= 4 is 28.4 Å². The molecule has 0 saturated heterocycles. The summed E-state index contributed by atoms with van der Waals surface area (Å²) in [4.78, 5) is 30.0. The van der Waals surface area contributed by atoms with Crippen LogP contribution in [0.3, 0.4) is 0 Å². The van der Waals surface area contributed by atoms with E-state index in [-0.39, 0.29) is 36.0 Å². The predicted octanol–water partition coefficient (Wildman–Crippen LogP) is 2.54. The van der Waals surface area contributed by atoms with Crippen LogP contribution in [-0.2, 0) is 11.2 Å². The molecule has 2 heterocycles. The molecule has 0 fully saturated rings. The molecule has 9 heteroatoms. The second-order valence-electron chi connectivity index (χ2n) is 7.13. The van der Waals surface area contributed by atoms with Crippen LogP contribution in [-0.4, -0.2) is 39.8 Å². The summed E-state index contributed by atoms with van der Waals surface area (Å²) in [5.74, 6) is 5.30. The molecule has 1 aromatic heterocycles. The molecule has 0 spiro atoms. The Morgan fingerprint density at radius 1 is 1.52 bits per heavy atom. The van der Waals surface area contributed by atoms with E-state index in [0.29, 0.717) is 22.9 Å². The van der Waals surface area contributed by atoms with Gasteiger partial charge in [-0.1, -0.05) is 24.4 Å². The minimum absolute atomic E-state index is 0.0336. The van der Waals surface area contributed by atoms with Crippen molar-refractivity contribution in [3.8, 4) is 30.4 Å². The van der Waals surface area contributed by atoms with Gasteiger partial charge in [-0.2, -0.15) is 0 Å². The van der Waals surface area contributed by atoms with E-state index in [4.69, 9.17) is 27.2 Å². The largest absolute Gasteiger partial charge is 0.480 e. The maximum absolute atomic E-state index is 13.1. The van der Waals surface area contributed by atoms with E-state index >= 15 is 0 Å². The molecule has 8 nitrogen and oxygen atoms in total. The van der Waals surface area contributed by atoms with Gasteiger partial charge in [0, 0.05) is 18.2 Å². The monoisotopic (exact) mass is 443 g/mol. The zero-order chi connectivity index (χ0) is 23.0. The van der Waals surface area contributed by atoms with E-state index in [1.54, 1.807) is 19.9 Å². The van der Waals surface area contributed by atoms with Crippen molar-refractivity contribution in [2.24, 2.45) is 10.1 Å². The lowest BCUT2D eigenvalue weighted by molar-refractivity contribution is -0.125. The number of carbonyl (C=O) groups is 1. The van der Waals surface area contributed by atoms with Crippen LogP contribution in [0.1, 0.15) is 51.0 Å². The van der Waals surface area contributed by atoms with E-state index < -0.39 is 17.2 Å². The van der Waals surface area contributed by atoms with Crippen molar-refractivity contribution in [1.29, 1.82) is 0 Å². The Balaban J connectivity index is 2.36. The fourth-order valence-corrected chi connectivity index (χ4v) is 4.06. The molecule has 1 amide bonds. The van der Waals surface area contributed by atoms with Crippen LogP contribution in [0.25, 0.3) is 0 Å². The average molecular weight is 444 g/mol. The van der Waals surface area contributed by atoms with Gasteiger partial charge >= 0.3 is 5.63 Å². The number of nitrogens with zero attached hydrogens (tertiary/aromatic N) is 2. The van der Waals surface area contributed by atoms with Crippen LogP contribution in [0.4, 0.5) is 0 Å². The van der Waals surface area contributed by atoms with Crippen LogP contribution in [0.2, 0.25) is 0 Å². The van der Waals surface area contributed by atoms with E-state index in [9.17, 15) is 9.59 Å². The number of hydrogen-bond donors (Lipinski definition) is 2. The van der Waals surface area contributed by atoms with Gasteiger partial charge < -0.3 is 19.7 Å². The Bertz CT molecular complexity index is 1030. The summed E-state index contributed by atoms with van der Waals surface area (Å²) in [5, 5.41) is 15.5. The van der Waals surface area contributed by atoms with Crippen LogP contribution < -0.4 is 15.7 Å². The number of terminal acetylenes is 2. The van der Waals surface area contributed by atoms with Crippen LogP contribution in [0, 0.1) is 24.7 Å². The first-order valence-corrected chi connectivity index (χ1v) is 10.7. The molecule has 1 aliphatic heterocycles. The fraction of sp³-hybridized carbons (Fsp3) is 0.455. The van der Waals surface area contributed by atoms with Gasteiger partial charge in [-0.25, -0.2) is 4.79 Å². The number of oxime groups is 1.